The molecule has 0 aliphatic rings. The summed E-state index contributed by atoms with van der Waals surface area (Å²) in [5.74, 6) is -9.21. The van der Waals surface area contributed by atoms with Crippen LogP contribution in [0, 0.1) is 34.9 Å². The molecule has 0 aromatic carbocycles. The molecular formula is C20H16ClF6N3O3. The fourth-order valence-electron chi connectivity index (χ4n) is 1.75. The molecule has 3 rings (SSSR count). The van der Waals surface area contributed by atoms with E-state index < -0.39 is 70.3 Å². The van der Waals surface area contributed by atoms with Crippen LogP contribution in [0.15, 0.2) is 36.8 Å². The van der Waals surface area contributed by atoms with Crippen molar-refractivity contribution >= 4 is 17.6 Å². The van der Waals surface area contributed by atoms with Crippen LogP contribution in [0.3, 0.4) is 0 Å². The molecule has 1 N–H and O–H groups in total. The van der Waals surface area contributed by atoms with Crippen molar-refractivity contribution in [2.24, 2.45) is 0 Å². The highest BCUT2D eigenvalue weighted by Crippen LogP contribution is 2.08. The third-order valence-electron chi connectivity index (χ3n) is 3.09. The van der Waals surface area contributed by atoms with E-state index in [9.17, 15) is 31.1 Å². The minimum absolute atomic E-state index is 0.122. The number of aliphatic hydroxyl groups is 1. The van der Waals surface area contributed by atoms with Crippen molar-refractivity contribution in [1.82, 2.24) is 15.0 Å². The van der Waals surface area contributed by atoms with Gasteiger partial charge in [-0.15, -0.1) is 11.6 Å². The van der Waals surface area contributed by atoms with Gasteiger partial charge in [0.05, 0.1) is 48.8 Å². The van der Waals surface area contributed by atoms with Crippen LogP contribution in [0.4, 0.5) is 26.3 Å². The Morgan fingerprint density at radius 1 is 0.909 bits per heavy atom. The summed E-state index contributed by atoms with van der Waals surface area (Å²) in [5.41, 5.74) is -1.92. The predicted molar refractivity (Wildman–Crippen MR) is 104 cm³/mol. The summed E-state index contributed by atoms with van der Waals surface area (Å²) in [6, 6.07) is 1.57. The summed E-state index contributed by atoms with van der Waals surface area (Å²) >= 11 is 5.12. The summed E-state index contributed by atoms with van der Waals surface area (Å²) in [7, 11) is 0. The van der Waals surface area contributed by atoms with Crippen LogP contribution in [0.2, 0.25) is 0 Å². The van der Waals surface area contributed by atoms with Gasteiger partial charge in [0.2, 0.25) is 0 Å². The van der Waals surface area contributed by atoms with E-state index >= 15 is 0 Å². The largest absolute Gasteiger partial charge is 0.461 e. The molecule has 178 valence electrons. The van der Waals surface area contributed by atoms with Gasteiger partial charge >= 0.3 is 5.97 Å². The highest BCUT2D eigenvalue weighted by Gasteiger charge is 2.14. The van der Waals surface area contributed by atoms with E-state index in [1.54, 1.807) is 6.92 Å². The smallest absolute Gasteiger partial charge is 0.359 e. The summed E-state index contributed by atoms with van der Waals surface area (Å²) in [5, 5.41) is 8.67. The number of aromatic nitrogens is 3. The standard InChI is InChI=1S/C8H7F2NO2.C6H4ClF2N.C6H5F2NO/c1-2-13-8(12)7-6(10)3-5(9)4-11-7;7-2-6-5(9)1-4(8)3-10-6;7-4-1-5(8)6(3-10)9-2-4/h3-4H,2H2,1H3;1,3H,2H2;1-2,10H,3H2/i;2D2;3D2. The molecule has 33 heavy (non-hydrogen) atoms. The zero-order valence-electron chi connectivity index (χ0n) is 20.4. The van der Waals surface area contributed by atoms with Gasteiger partial charge < -0.3 is 9.84 Å². The van der Waals surface area contributed by atoms with E-state index in [2.05, 4.69) is 19.7 Å². The molecule has 0 atom stereocenters. The third-order valence-corrected chi connectivity index (χ3v) is 3.27. The van der Waals surface area contributed by atoms with E-state index in [4.69, 9.17) is 22.2 Å². The second kappa shape index (κ2) is 14.0. The SMILES string of the molecule is CCOC(=O)c1ncc(F)cc1F.[2H]C([2H])(Cl)c1ncc(F)cc1F.[2H]C([2H])(O)c1ncc(F)cc1F. The zero-order chi connectivity index (χ0) is 28.6. The number of halogens is 7. The van der Waals surface area contributed by atoms with Crippen molar-refractivity contribution < 1.29 is 46.5 Å². The fraction of sp³-hybridized carbons (Fsp3) is 0.200. The van der Waals surface area contributed by atoms with Crippen molar-refractivity contribution in [2.45, 2.75) is 19.3 Å². The van der Waals surface area contributed by atoms with Gasteiger partial charge in [-0.25, -0.2) is 36.1 Å². The number of pyridine rings is 3. The Balaban J connectivity index is 0.000000278. The lowest BCUT2D eigenvalue weighted by Crippen LogP contribution is -2.09. The number of hydrogen-bond acceptors (Lipinski definition) is 6. The number of esters is 1. The molecule has 3 aromatic rings. The average Bonchev–Trinajstić information content (AvgIpc) is 2.72. The Bertz CT molecular complexity index is 1170. The van der Waals surface area contributed by atoms with Crippen LogP contribution in [-0.2, 0) is 17.1 Å². The van der Waals surface area contributed by atoms with Crippen molar-refractivity contribution in [3.05, 3.63) is 88.8 Å². The summed E-state index contributed by atoms with van der Waals surface area (Å²) in [4.78, 5) is 20.5. The lowest BCUT2D eigenvalue weighted by atomic mass is 10.3. The first-order valence-corrected chi connectivity index (χ1v) is 8.87. The first-order chi connectivity index (χ1) is 17.0. The summed E-state index contributed by atoms with van der Waals surface area (Å²) in [6.07, 6.45) is 2.10. The van der Waals surface area contributed by atoms with Gasteiger partial charge in [0.1, 0.15) is 34.8 Å². The minimum atomic E-state index is -2.88. The zero-order valence-corrected chi connectivity index (χ0v) is 17.2. The molecule has 0 bridgehead atoms. The Hall–Kier alpha value is -3.25. The highest BCUT2D eigenvalue weighted by molar-refractivity contribution is 6.16. The Labute approximate surface area is 194 Å². The molecule has 13 heteroatoms. The topological polar surface area (TPSA) is 85.2 Å². The van der Waals surface area contributed by atoms with Crippen LogP contribution < -0.4 is 0 Å². The van der Waals surface area contributed by atoms with Crippen LogP contribution >= 0.6 is 11.6 Å². The summed E-state index contributed by atoms with van der Waals surface area (Å²) < 4.78 is 107. The van der Waals surface area contributed by atoms with E-state index in [0.717, 1.165) is 6.20 Å². The molecule has 0 amide bonds. The molecule has 0 spiro atoms. The number of nitrogens with zero attached hydrogens (tertiary/aromatic N) is 3. The number of rotatable bonds is 4. The number of carbonyl (C=O) groups is 1. The second-order valence-electron chi connectivity index (χ2n) is 5.38. The van der Waals surface area contributed by atoms with Crippen LogP contribution in [0.25, 0.3) is 0 Å². The molecular weight excluding hydrogens is 480 g/mol. The molecule has 0 fully saturated rings. The van der Waals surface area contributed by atoms with Crippen LogP contribution in [0.5, 0.6) is 0 Å². The van der Waals surface area contributed by atoms with Gasteiger partial charge in [0.25, 0.3) is 0 Å². The van der Waals surface area contributed by atoms with Crippen molar-refractivity contribution in [1.29, 1.82) is 0 Å². The lowest BCUT2D eigenvalue weighted by Gasteiger charge is -2.00. The lowest BCUT2D eigenvalue weighted by molar-refractivity contribution is 0.0513. The Morgan fingerprint density at radius 2 is 1.36 bits per heavy atom. The molecule has 0 saturated heterocycles. The minimum Gasteiger partial charge on any atom is -0.461 e. The number of carbonyl (C=O) groups excluding carboxylic acids is 1. The first-order valence-electron chi connectivity index (χ1n) is 10.5. The van der Waals surface area contributed by atoms with Gasteiger partial charge in [0, 0.05) is 18.2 Å². The van der Waals surface area contributed by atoms with E-state index in [0.29, 0.717) is 30.6 Å². The van der Waals surface area contributed by atoms with Crippen molar-refractivity contribution in [2.75, 3.05) is 6.61 Å². The average molecular weight is 500 g/mol. The molecule has 0 aliphatic heterocycles. The third kappa shape index (κ3) is 9.41. The first kappa shape index (κ1) is 21.6. The number of ether oxygens (including phenoxy) is 1. The predicted octanol–water partition coefficient (Wildman–Crippen LogP) is 4.49. The van der Waals surface area contributed by atoms with Crippen molar-refractivity contribution in [3.63, 3.8) is 0 Å². The summed E-state index contributed by atoms with van der Waals surface area (Å²) in [6.45, 7) is -1.17. The maximum Gasteiger partial charge on any atom is 0.359 e. The maximum atomic E-state index is 12.8. The van der Waals surface area contributed by atoms with Crippen LogP contribution in [0.1, 0.15) is 34.3 Å². The second-order valence-corrected chi connectivity index (χ2v) is 5.57. The molecule has 0 unspecified atom stereocenters. The van der Waals surface area contributed by atoms with Crippen LogP contribution in [-0.4, -0.2) is 32.6 Å². The van der Waals surface area contributed by atoms with Gasteiger partial charge in [0.15, 0.2) is 11.5 Å². The van der Waals surface area contributed by atoms with Gasteiger partial charge in [-0.05, 0) is 6.92 Å². The van der Waals surface area contributed by atoms with E-state index in [1.807, 2.05) is 0 Å². The van der Waals surface area contributed by atoms with Crippen molar-refractivity contribution in [3.8, 4) is 0 Å². The highest BCUT2D eigenvalue weighted by atomic mass is 35.5. The van der Waals surface area contributed by atoms with E-state index in [-0.39, 0.29) is 6.61 Å². The normalized spacial score (nSPS) is 12.5. The Morgan fingerprint density at radius 3 is 1.76 bits per heavy atom. The molecule has 6 nitrogen and oxygen atoms in total. The molecule has 3 heterocycles. The monoisotopic (exact) mass is 499 g/mol. The quantitative estimate of drug-likeness (QED) is 0.323. The van der Waals surface area contributed by atoms with Gasteiger partial charge in [-0.3, -0.25) is 9.97 Å². The molecule has 0 radical (unpaired) electrons. The fourth-order valence-corrected chi connectivity index (χ4v) is 1.88. The van der Waals surface area contributed by atoms with Gasteiger partial charge in [-0.1, -0.05) is 0 Å². The number of alkyl halides is 1. The van der Waals surface area contributed by atoms with E-state index in [1.165, 1.54) is 0 Å². The maximum absolute atomic E-state index is 12.8. The van der Waals surface area contributed by atoms with Gasteiger partial charge in [-0.2, -0.15) is 0 Å². The molecule has 3 aromatic heterocycles. The molecule has 0 aliphatic carbocycles. The molecule has 0 saturated carbocycles. The number of hydrogen-bond donors (Lipinski definition) is 1. The Kier molecular flexibility index (Phi) is 9.17.